The minimum absolute atomic E-state index is 0.255. The number of alkyl halides is 3. The molecule has 152 valence electrons. The molecule has 0 spiro atoms. The number of hydrogen-bond donors (Lipinski definition) is 0. The van der Waals surface area contributed by atoms with Gasteiger partial charge in [0.25, 0.3) is 11.8 Å². The molecule has 0 radical (unpaired) electrons. The number of carbonyl (C=O) groups excluding carboxylic acids is 1. The van der Waals surface area contributed by atoms with Crippen LogP contribution in [0, 0.1) is 0 Å². The lowest BCUT2D eigenvalue weighted by Gasteiger charge is -2.34. The van der Waals surface area contributed by atoms with E-state index in [9.17, 15) is 18.0 Å². The van der Waals surface area contributed by atoms with Gasteiger partial charge in [0.05, 0.1) is 17.7 Å². The van der Waals surface area contributed by atoms with Gasteiger partial charge in [0.2, 0.25) is 0 Å². The molecular formula is C19H17F3N4O2S. The molecule has 0 saturated carbocycles. The Morgan fingerprint density at radius 2 is 1.83 bits per heavy atom. The first-order chi connectivity index (χ1) is 13.9. The third-order valence-electron chi connectivity index (χ3n) is 4.72. The first-order valence-electron chi connectivity index (χ1n) is 8.94. The molecule has 3 heterocycles. The summed E-state index contributed by atoms with van der Waals surface area (Å²) in [5.41, 5.74) is 0.381. The van der Waals surface area contributed by atoms with Gasteiger partial charge in [-0.2, -0.15) is 29.5 Å². The summed E-state index contributed by atoms with van der Waals surface area (Å²) in [5.74, 6) is 0.795. The third kappa shape index (κ3) is 4.48. The van der Waals surface area contributed by atoms with Crippen LogP contribution in [0.4, 0.5) is 13.2 Å². The van der Waals surface area contributed by atoms with Crippen LogP contribution in [0.3, 0.4) is 0 Å². The van der Waals surface area contributed by atoms with Crippen molar-refractivity contribution < 1.29 is 22.5 Å². The fourth-order valence-electron chi connectivity index (χ4n) is 3.12. The van der Waals surface area contributed by atoms with Gasteiger partial charge in [-0.25, -0.2) is 0 Å². The van der Waals surface area contributed by atoms with Crippen molar-refractivity contribution in [3.63, 3.8) is 0 Å². The predicted molar refractivity (Wildman–Crippen MR) is 100 cm³/mol. The molecular weight excluding hydrogens is 405 g/mol. The number of benzene rings is 1. The molecule has 0 bridgehead atoms. The van der Waals surface area contributed by atoms with Crippen LogP contribution in [-0.4, -0.2) is 52.0 Å². The van der Waals surface area contributed by atoms with Crippen LogP contribution in [0.15, 0.2) is 45.6 Å². The maximum atomic E-state index is 12.7. The molecule has 1 aliphatic heterocycles. The lowest BCUT2D eigenvalue weighted by Crippen LogP contribution is -2.48. The highest BCUT2D eigenvalue weighted by molar-refractivity contribution is 7.08. The second-order valence-corrected chi connectivity index (χ2v) is 7.45. The van der Waals surface area contributed by atoms with E-state index in [1.54, 1.807) is 16.2 Å². The van der Waals surface area contributed by atoms with Crippen molar-refractivity contribution in [2.75, 3.05) is 26.2 Å². The Bertz CT molecular complexity index is 962. The number of amides is 1. The van der Waals surface area contributed by atoms with Gasteiger partial charge in [-0.05, 0) is 35.7 Å². The van der Waals surface area contributed by atoms with Crippen LogP contribution >= 0.6 is 11.3 Å². The molecule has 0 unspecified atom stereocenters. The molecule has 1 aliphatic rings. The highest BCUT2D eigenvalue weighted by Gasteiger charge is 2.30. The molecule has 1 aromatic carbocycles. The molecule has 4 rings (SSSR count). The number of hydrogen-bond acceptors (Lipinski definition) is 6. The number of nitrogens with zero attached hydrogens (tertiary/aromatic N) is 4. The lowest BCUT2D eigenvalue weighted by molar-refractivity contribution is -0.137. The summed E-state index contributed by atoms with van der Waals surface area (Å²) >= 11 is 1.55. The smallest absolute Gasteiger partial charge is 0.336 e. The van der Waals surface area contributed by atoms with Crippen LogP contribution in [-0.2, 0) is 12.7 Å². The molecule has 10 heteroatoms. The molecule has 0 atom stereocenters. The van der Waals surface area contributed by atoms with E-state index in [0.717, 1.165) is 17.7 Å². The molecule has 3 aromatic rings. The van der Waals surface area contributed by atoms with E-state index in [2.05, 4.69) is 15.0 Å². The van der Waals surface area contributed by atoms with Gasteiger partial charge < -0.3 is 9.42 Å². The van der Waals surface area contributed by atoms with E-state index in [-0.39, 0.29) is 11.5 Å². The quantitative estimate of drug-likeness (QED) is 0.641. The SMILES string of the molecule is O=C(c1ccc(C(F)(F)F)cc1)N1CCN(Cc2noc(-c3ccsc3)n2)CC1. The van der Waals surface area contributed by atoms with Crippen LogP contribution < -0.4 is 0 Å². The number of halogens is 3. The predicted octanol–water partition coefficient (Wildman–Crippen LogP) is 3.77. The van der Waals surface area contributed by atoms with Gasteiger partial charge in [-0.15, -0.1) is 0 Å². The van der Waals surface area contributed by atoms with Gasteiger partial charge in [-0.3, -0.25) is 9.69 Å². The molecule has 1 amide bonds. The minimum atomic E-state index is -4.41. The van der Waals surface area contributed by atoms with Crippen molar-refractivity contribution in [2.24, 2.45) is 0 Å². The fourth-order valence-corrected chi connectivity index (χ4v) is 3.74. The summed E-state index contributed by atoms with van der Waals surface area (Å²) in [5, 5.41) is 7.87. The highest BCUT2D eigenvalue weighted by atomic mass is 32.1. The molecule has 0 aliphatic carbocycles. The first-order valence-corrected chi connectivity index (χ1v) is 9.88. The van der Waals surface area contributed by atoms with Crippen molar-refractivity contribution in [3.05, 3.63) is 58.0 Å². The summed E-state index contributed by atoms with van der Waals surface area (Å²) < 4.78 is 43.3. The normalized spacial score (nSPS) is 15.6. The Hall–Kier alpha value is -2.72. The summed E-state index contributed by atoms with van der Waals surface area (Å²) in [7, 11) is 0. The summed E-state index contributed by atoms with van der Waals surface area (Å²) in [6.07, 6.45) is -4.41. The van der Waals surface area contributed by atoms with Crippen molar-refractivity contribution in [1.29, 1.82) is 0 Å². The Balaban J connectivity index is 1.31. The fraction of sp³-hybridized carbons (Fsp3) is 0.316. The Morgan fingerprint density at radius 1 is 1.10 bits per heavy atom. The van der Waals surface area contributed by atoms with Crippen LogP contribution in [0.5, 0.6) is 0 Å². The maximum absolute atomic E-state index is 12.7. The first kappa shape index (κ1) is 19.6. The van der Waals surface area contributed by atoms with Crippen molar-refractivity contribution in [3.8, 4) is 11.5 Å². The standard InChI is InChI=1S/C19H17F3N4O2S/c20-19(21,22)15-3-1-13(2-4-15)18(27)26-8-6-25(7-9-26)11-16-23-17(28-24-16)14-5-10-29-12-14/h1-5,10,12H,6-9,11H2. The lowest BCUT2D eigenvalue weighted by atomic mass is 10.1. The second-order valence-electron chi connectivity index (χ2n) is 6.67. The molecule has 6 nitrogen and oxygen atoms in total. The number of thiophene rings is 1. The van der Waals surface area contributed by atoms with Gasteiger partial charge >= 0.3 is 6.18 Å². The van der Waals surface area contributed by atoms with E-state index in [4.69, 9.17) is 4.52 Å². The summed E-state index contributed by atoms with van der Waals surface area (Å²) in [4.78, 5) is 20.7. The van der Waals surface area contributed by atoms with Crippen molar-refractivity contribution in [1.82, 2.24) is 19.9 Å². The van der Waals surface area contributed by atoms with Gasteiger partial charge in [0, 0.05) is 37.1 Å². The van der Waals surface area contributed by atoms with E-state index < -0.39 is 11.7 Å². The minimum Gasteiger partial charge on any atom is -0.336 e. The second kappa shape index (κ2) is 7.96. The number of carbonyl (C=O) groups is 1. The summed E-state index contributed by atoms with van der Waals surface area (Å²) in [6, 6.07) is 6.23. The summed E-state index contributed by atoms with van der Waals surface area (Å²) in [6.45, 7) is 2.71. The Labute approximate surface area is 168 Å². The van der Waals surface area contributed by atoms with E-state index >= 15 is 0 Å². The van der Waals surface area contributed by atoms with E-state index in [0.29, 0.717) is 44.4 Å². The molecule has 1 saturated heterocycles. The average molecular weight is 422 g/mol. The van der Waals surface area contributed by atoms with Crippen molar-refractivity contribution in [2.45, 2.75) is 12.7 Å². The van der Waals surface area contributed by atoms with Crippen LogP contribution in [0.25, 0.3) is 11.5 Å². The van der Waals surface area contributed by atoms with Crippen LogP contribution in [0.2, 0.25) is 0 Å². The molecule has 2 aromatic heterocycles. The van der Waals surface area contributed by atoms with Gasteiger partial charge in [0.15, 0.2) is 5.82 Å². The zero-order valence-electron chi connectivity index (χ0n) is 15.2. The van der Waals surface area contributed by atoms with Crippen molar-refractivity contribution >= 4 is 17.2 Å². The van der Waals surface area contributed by atoms with Gasteiger partial charge in [0.1, 0.15) is 0 Å². The number of aromatic nitrogens is 2. The van der Waals surface area contributed by atoms with Crippen LogP contribution in [0.1, 0.15) is 21.7 Å². The monoisotopic (exact) mass is 422 g/mol. The molecule has 0 N–H and O–H groups in total. The molecule has 29 heavy (non-hydrogen) atoms. The van der Waals surface area contributed by atoms with E-state index in [1.807, 2.05) is 16.8 Å². The topological polar surface area (TPSA) is 62.5 Å². The Morgan fingerprint density at radius 3 is 2.45 bits per heavy atom. The average Bonchev–Trinajstić information content (AvgIpc) is 3.39. The largest absolute Gasteiger partial charge is 0.416 e. The Kier molecular flexibility index (Phi) is 5.37. The van der Waals surface area contributed by atoms with Gasteiger partial charge in [-0.1, -0.05) is 5.16 Å². The third-order valence-corrected chi connectivity index (χ3v) is 5.40. The number of rotatable bonds is 4. The van der Waals surface area contributed by atoms with E-state index in [1.165, 1.54) is 12.1 Å². The highest BCUT2D eigenvalue weighted by Crippen LogP contribution is 2.29. The number of piperazine rings is 1. The molecule has 1 fully saturated rings. The zero-order valence-corrected chi connectivity index (χ0v) is 16.0. The zero-order chi connectivity index (χ0) is 20.4. The maximum Gasteiger partial charge on any atom is 0.416 e.